The molecule has 8 heteroatoms. The van der Waals surface area contributed by atoms with Crippen LogP contribution in [0.3, 0.4) is 0 Å². The van der Waals surface area contributed by atoms with Crippen LogP contribution >= 0.6 is 0 Å². The number of nitrogens with zero attached hydrogens (tertiary/aromatic N) is 3. The zero-order valence-corrected chi connectivity index (χ0v) is 15.2. The van der Waals surface area contributed by atoms with Crippen LogP contribution in [0, 0.1) is 0 Å². The number of carbonyl (C=O) groups is 1. The second kappa shape index (κ2) is 7.24. The molecule has 1 unspecified atom stereocenters. The van der Waals surface area contributed by atoms with Gasteiger partial charge in [0.2, 0.25) is 5.88 Å². The number of rotatable bonds is 4. The zero-order valence-electron chi connectivity index (χ0n) is 15.2. The van der Waals surface area contributed by atoms with E-state index in [1.54, 1.807) is 25.3 Å². The summed E-state index contributed by atoms with van der Waals surface area (Å²) in [6.45, 7) is 1.30. The van der Waals surface area contributed by atoms with Crippen molar-refractivity contribution in [2.24, 2.45) is 0 Å². The Morgan fingerprint density at radius 2 is 2.19 bits per heavy atom. The number of nitrogens with one attached hydrogen (secondary N) is 2. The fourth-order valence-electron chi connectivity index (χ4n) is 3.29. The van der Waals surface area contributed by atoms with E-state index in [1.807, 2.05) is 30.3 Å². The average molecular weight is 367 g/mol. The average Bonchev–Trinajstić information content (AvgIpc) is 3.35. The molecule has 27 heavy (non-hydrogen) atoms. The van der Waals surface area contributed by atoms with Gasteiger partial charge in [0.1, 0.15) is 5.69 Å². The van der Waals surface area contributed by atoms with Gasteiger partial charge in [-0.25, -0.2) is 9.78 Å². The molecule has 0 spiro atoms. The summed E-state index contributed by atoms with van der Waals surface area (Å²) in [6, 6.07) is 9.27. The number of hydrogen-bond acceptors (Lipinski definition) is 5. The number of anilines is 1. The summed E-state index contributed by atoms with van der Waals surface area (Å²) in [6.07, 6.45) is 2.65. The summed E-state index contributed by atoms with van der Waals surface area (Å²) in [7, 11) is 3.25. The number of hydrogen-bond donors (Lipinski definition) is 2. The number of benzene rings is 1. The molecule has 0 aliphatic carbocycles. The lowest BCUT2D eigenvalue weighted by atomic mass is 10.1. The van der Waals surface area contributed by atoms with Crippen LogP contribution in [0.25, 0.3) is 22.2 Å². The van der Waals surface area contributed by atoms with Crippen molar-refractivity contribution >= 4 is 22.6 Å². The molecule has 0 saturated carbocycles. The summed E-state index contributed by atoms with van der Waals surface area (Å²) in [4.78, 5) is 18.4. The number of methoxy groups -OCH3 is 2. The molecule has 2 N–H and O–H groups in total. The number of aromatic amines is 1. The number of likely N-dealkylation sites (tertiary alicyclic amines) is 1. The zero-order chi connectivity index (χ0) is 18.8. The van der Waals surface area contributed by atoms with Crippen LogP contribution in [0.4, 0.5) is 10.5 Å². The van der Waals surface area contributed by atoms with Gasteiger partial charge in [0.05, 0.1) is 18.7 Å². The van der Waals surface area contributed by atoms with E-state index < -0.39 is 0 Å². The molecule has 0 bridgehead atoms. The van der Waals surface area contributed by atoms with E-state index in [1.165, 1.54) is 0 Å². The minimum absolute atomic E-state index is 0.111. The first-order valence-electron chi connectivity index (χ1n) is 8.75. The molecule has 1 aliphatic heterocycles. The van der Waals surface area contributed by atoms with E-state index in [0.717, 1.165) is 34.3 Å². The van der Waals surface area contributed by atoms with Crippen LogP contribution in [-0.2, 0) is 4.74 Å². The molecule has 4 rings (SSSR count). The minimum atomic E-state index is -0.121. The Morgan fingerprint density at radius 1 is 1.30 bits per heavy atom. The van der Waals surface area contributed by atoms with Gasteiger partial charge in [-0.05, 0) is 30.7 Å². The maximum Gasteiger partial charge on any atom is 0.321 e. The van der Waals surface area contributed by atoms with Gasteiger partial charge in [0.15, 0.2) is 0 Å². The van der Waals surface area contributed by atoms with Gasteiger partial charge in [-0.15, -0.1) is 0 Å². The summed E-state index contributed by atoms with van der Waals surface area (Å²) < 4.78 is 10.5. The summed E-state index contributed by atoms with van der Waals surface area (Å²) in [5, 5.41) is 11.3. The van der Waals surface area contributed by atoms with Crippen molar-refractivity contribution in [3.63, 3.8) is 0 Å². The van der Waals surface area contributed by atoms with Crippen LogP contribution in [0.1, 0.15) is 6.42 Å². The van der Waals surface area contributed by atoms with Crippen LogP contribution < -0.4 is 10.1 Å². The van der Waals surface area contributed by atoms with E-state index in [2.05, 4.69) is 20.5 Å². The summed E-state index contributed by atoms with van der Waals surface area (Å²) in [5.74, 6) is 0.523. The smallest absolute Gasteiger partial charge is 0.321 e. The molecule has 1 aliphatic rings. The van der Waals surface area contributed by atoms with Crippen molar-refractivity contribution in [2.45, 2.75) is 12.5 Å². The molecular formula is C19H21N5O3. The Labute approximate surface area is 156 Å². The monoisotopic (exact) mass is 367 g/mol. The molecule has 1 aromatic carbocycles. The van der Waals surface area contributed by atoms with Gasteiger partial charge in [-0.1, -0.05) is 0 Å². The molecule has 140 valence electrons. The molecule has 1 fully saturated rings. The van der Waals surface area contributed by atoms with Crippen LogP contribution in [-0.4, -0.2) is 59.5 Å². The number of amides is 2. The highest BCUT2D eigenvalue weighted by molar-refractivity contribution is 5.98. The van der Waals surface area contributed by atoms with Crippen molar-refractivity contribution in [3.05, 3.63) is 36.5 Å². The molecule has 0 radical (unpaired) electrons. The number of ether oxygens (including phenoxy) is 2. The molecule has 3 aromatic rings. The molecule has 1 saturated heterocycles. The number of urea groups is 1. The first-order chi connectivity index (χ1) is 13.2. The number of pyridine rings is 1. The summed E-state index contributed by atoms with van der Waals surface area (Å²) >= 11 is 0. The minimum Gasteiger partial charge on any atom is -0.481 e. The third-order valence-electron chi connectivity index (χ3n) is 4.80. The van der Waals surface area contributed by atoms with Crippen molar-refractivity contribution in [3.8, 4) is 17.1 Å². The Balaban J connectivity index is 1.59. The molecule has 3 heterocycles. The van der Waals surface area contributed by atoms with Crippen molar-refractivity contribution in [1.82, 2.24) is 20.1 Å². The maximum atomic E-state index is 12.5. The second-order valence-electron chi connectivity index (χ2n) is 6.44. The fourth-order valence-corrected chi connectivity index (χ4v) is 3.29. The van der Waals surface area contributed by atoms with Gasteiger partial charge in [-0.3, -0.25) is 5.10 Å². The highest BCUT2D eigenvalue weighted by atomic mass is 16.5. The lowest BCUT2D eigenvalue weighted by molar-refractivity contribution is 0.111. The molecule has 1 atom stereocenters. The topological polar surface area (TPSA) is 92.4 Å². The van der Waals surface area contributed by atoms with Crippen molar-refractivity contribution in [2.75, 3.05) is 32.6 Å². The van der Waals surface area contributed by atoms with E-state index in [-0.39, 0.29) is 12.1 Å². The van der Waals surface area contributed by atoms with E-state index in [9.17, 15) is 4.79 Å². The van der Waals surface area contributed by atoms with Gasteiger partial charge in [0, 0.05) is 49.1 Å². The lowest BCUT2D eigenvalue weighted by Gasteiger charge is -2.17. The highest BCUT2D eigenvalue weighted by Gasteiger charge is 2.26. The molecule has 2 aromatic heterocycles. The van der Waals surface area contributed by atoms with Gasteiger partial charge in [-0.2, -0.15) is 5.10 Å². The first kappa shape index (κ1) is 17.3. The van der Waals surface area contributed by atoms with Crippen LogP contribution in [0.2, 0.25) is 0 Å². The number of aromatic nitrogens is 3. The highest BCUT2D eigenvalue weighted by Crippen LogP contribution is 2.29. The van der Waals surface area contributed by atoms with E-state index >= 15 is 0 Å². The maximum absolute atomic E-state index is 12.5. The predicted molar refractivity (Wildman–Crippen MR) is 102 cm³/mol. The number of carbonyl (C=O) groups excluding carboxylic acids is 1. The van der Waals surface area contributed by atoms with Gasteiger partial charge >= 0.3 is 6.03 Å². The normalized spacial score (nSPS) is 16.7. The van der Waals surface area contributed by atoms with Crippen molar-refractivity contribution in [1.29, 1.82) is 0 Å². The number of fused-ring (bicyclic) bond motifs is 1. The Morgan fingerprint density at radius 3 is 2.96 bits per heavy atom. The Kier molecular flexibility index (Phi) is 4.64. The third-order valence-corrected chi connectivity index (χ3v) is 4.80. The summed E-state index contributed by atoms with van der Waals surface area (Å²) in [5.41, 5.74) is 3.28. The lowest BCUT2D eigenvalue weighted by Crippen LogP contribution is -2.33. The van der Waals surface area contributed by atoms with Gasteiger partial charge < -0.3 is 19.7 Å². The van der Waals surface area contributed by atoms with Gasteiger partial charge in [0.25, 0.3) is 0 Å². The SMILES string of the molecule is COc1cc(-c2n[nH]c3ccc(NC(=O)N4CCC(OC)C4)cc23)ccn1. The van der Waals surface area contributed by atoms with Crippen molar-refractivity contribution < 1.29 is 14.3 Å². The second-order valence-corrected chi connectivity index (χ2v) is 6.44. The third kappa shape index (κ3) is 3.43. The quantitative estimate of drug-likeness (QED) is 0.740. The molecule has 8 nitrogen and oxygen atoms in total. The van der Waals surface area contributed by atoms with E-state index in [4.69, 9.17) is 9.47 Å². The van der Waals surface area contributed by atoms with Crippen LogP contribution in [0.5, 0.6) is 5.88 Å². The number of H-pyrrole nitrogens is 1. The standard InChI is InChI=1S/C19H21N5O3/c1-26-14-6-8-24(11-14)19(25)21-13-3-4-16-15(10-13)18(23-22-16)12-5-7-20-17(9-12)27-2/h3-5,7,9-10,14H,6,8,11H2,1-2H3,(H,21,25)(H,22,23). The van der Waals surface area contributed by atoms with Crippen LogP contribution in [0.15, 0.2) is 36.5 Å². The first-order valence-corrected chi connectivity index (χ1v) is 8.75. The largest absolute Gasteiger partial charge is 0.481 e. The molecular weight excluding hydrogens is 346 g/mol. The molecule has 2 amide bonds. The fraction of sp³-hybridized carbons (Fsp3) is 0.316. The van der Waals surface area contributed by atoms with E-state index in [0.29, 0.717) is 19.0 Å². The predicted octanol–water partition coefficient (Wildman–Crippen LogP) is 2.89. The Bertz CT molecular complexity index is 971. The Hall–Kier alpha value is -3.13.